The summed E-state index contributed by atoms with van der Waals surface area (Å²) in [4.78, 5) is 11.7. The molecule has 0 radical (unpaired) electrons. The zero-order valence-electron chi connectivity index (χ0n) is 9.95. The van der Waals surface area contributed by atoms with Crippen molar-refractivity contribution >= 4 is 21.7 Å². The van der Waals surface area contributed by atoms with Gasteiger partial charge in [0.25, 0.3) is 0 Å². The number of alkyl halides is 1. The van der Waals surface area contributed by atoms with Gasteiger partial charge in [-0.3, -0.25) is 4.79 Å². The Morgan fingerprint density at radius 3 is 2.22 bits per heavy atom. The smallest absolute Gasteiger partial charge is 0.173 e. The highest BCUT2D eigenvalue weighted by Crippen LogP contribution is 2.27. The Kier molecular flexibility index (Phi) is 3.04. The van der Waals surface area contributed by atoms with Crippen LogP contribution in [0.15, 0.2) is 42.5 Å². The minimum absolute atomic E-state index is 0.150. The highest BCUT2D eigenvalue weighted by Gasteiger charge is 2.16. The van der Waals surface area contributed by atoms with Crippen LogP contribution in [0.4, 0.5) is 0 Å². The first-order chi connectivity index (χ1) is 8.78. The Morgan fingerprint density at radius 1 is 0.944 bits per heavy atom. The molecule has 3 rings (SSSR count). The summed E-state index contributed by atoms with van der Waals surface area (Å²) in [5.74, 6) is 0.150. The van der Waals surface area contributed by atoms with Crippen molar-refractivity contribution in [2.75, 3.05) is 5.33 Å². The number of benzene rings is 2. The molecule has 1 aliphatic rings. The van der Waals surface area contributed by atoms with Gasteiger partial charge in [0.05, 0.1) is 5.33 Å². The van der Waals surface area contributed by atoms with Crippen LogP contribution in [0, 0.1) is 0 Å². The van der Waals surface area contributed by atoms with Gasteiger partial charge in [-0.25, -0.2) is 0 Å². The van der Waals surface area contributed by atoms with Crippen molar-refractivity contribution in [2.45, 2.75) is 12.8 Å². The summed E-state index contributed by atoms with van der Waals surface area (Å²) < 4.78 is 0. The van der Waals surface area contributed by atoms with E-state index in [0.717, 1.165) is 18.4 Å². The molecular formula is C16H13BrO. The Hall–Kier alpha value is -1.41. The van der Waals surface area contributed by atoms with Crippen LogP contribution < -0.4 is 0 Å². The number of carbonyl (C=O) groups excluding carboxylic acids is 1. The Bertz CT molecular complexity index is 616. The fraction of sp³-hybridized carbons (Fsp3) is 0.188. The van der Waals surface area contributed by atoms with Crippen molar-refractivity contribution in [1.29, 1.82) is 0 Å². The maximum Gasteiger partial charge on any atom is 0.173 e. The van der Waals surface area contributed by atoms with Crippen molar-refractivity contribution in [3.8, 4) is 0 Å². The van der Waals surface area contributed by atoms with E-state index in [2.05, 4.69) is 52.3 Å². The molecule has 0 saturated heterocycles. The van der Waals surface area contributed by atoms with E-state index in [1.54, 1.807) is 0 Å². The zero-order chi connectivity index (χ0) is 12.5. The first-order valence-corrected chi connectivity index (χ1v) is 7.18. The first kappa shape index (κ1) is 11.7. The van der Waals surface area contributed by atoms with Crippen LogP contribution in [-0.4, -0.2) is 11.1 Å². The fourth-order valence-corrected chi connectivity index (χ4v) is 2.85. The third-order valence-electron chi connectivity index (χ3n) is 3.53. The Morgan fingerprint density at radius 2 is 1.56 bits per heavy atom. The minimum atomic E-state index is 0.150. The lowest BCUT2D eigenvalue weighted by Crippen LogP contribution is -2.09. The molecule has 0 saturated carbocycles. The summed E-state index contributed by atoms with van der Waals surface area (Å²) in [6.07, 6.45) is 1.92. The van der Waals surface area contributed by atoms with Crippen molar-refractivity contribution in [3.63, 3.8) is 0 Å². The maximum atomic E-state index is 11.7. The van der Waals surface area contributed by atoms with Crippen LogP contribution in [0.5, 0.6) is 0 Å². The number of halogens is 1. The van der Waals surface area contributed by atoms with Crippen molar-refractivity contribution < 1.29 is 4.79 Å². The van der Waals surface area contributed by atoms with Crippen LogP contribution >= 0.6 is 15.9 Å². The van der Waals surface area contributed by atoms with Gasteiger partial charge in [-0.15, -0.1) is 0 Å². The van der Waals surface area contributed by atoms with Crippen LogP contribution in [0.25, 0.3) is 0 Å². The normalized spacial score (nSPS) is 12.7. The van der Waals surface area contributed by atoms with E-state index in [4.69, 9.17) is 0 Å². The summed E-state index contributed by atoms with van der Waals surface area (Å²) in [6, 6.07) is 14.6. The number of Topliss-reactive ketones (excluding diaryl/α,β-unsaturated/α-hetero) is 1. The van der Waals surface area contributed by atoms with Gasteiger partial charge in [-0.05, 0) is 41.2 Å². The van der Waals surface area contributed by atoms with E-state index < -0.39 is 0 Å². The van der Waals surface area contributed by atoms with Crippen LogP contribution in [0.1, 0.15) is 32.6 Å². The van der Waals surface area contributed by atoms with Gasteiger partial charge in [0.1, 0.15) is 0 Å². The molecule has 1 nitrogen and oxygen atoms in total. The SMILES string of the molecule is O=C(CBr)c1ccc2c(c1)Cc1ccccc1C2. The number of hydrogen-bond donors (Lipinski definition) is 0. The first-order valence-electron chi connectivity index (χ1n) is 6.05. The second-order valence-electron chi connectivity index (χ2n) is 4.66. The molecule has 0 amide bonds. The minimum Gasteiger partial charge on any atom is -0.293 e. The molecule has 2 aromatic rings. The maximum absolute atomic E-state index is 11.7. The van der Waals surface area contributed by atoms with Gasteiger partial charge >= 0.3 is 0 Å². The van der Waals surface area contributed by atoms with E-state index in [1.807, 2.05) is 6.07 Å². The lowest BCUT2D eigenvalue weighted by molar-refractivity contribution is 0.102. The van der Waals surface area contributed by atoms with E-state index in [9.17, 15) is 4.79 Å². The average Bonchev–Trinajstić information content (AvgIpc) is 2.43. The van der Waals surface area contributed by atoms with Crippen molar-refractivity contribution in [3.05, 3.63) is 70.3 Å². The van der Waals surface area contributed by atoms with Gasteiger partial charge in [-0.2, -0.15) is 0 Å². The molecular weight excluding hydrogens is 288 g/mol. The second kappa shape index (κ2) is 4.69. The monoisotopic (exact) mass is 300 g/mol. The Balaban J connectivity index is 2.01. The molecule has 0 fully saturated rings. The number of ketones is 1. The highest BCUT2D eigenvalue weighted by molar-refractivity contribution is 9.09. The summed E-state index contributed by atoms with van der Waals surface area (Å²) in [6.45, 7) is 0. The summed E-state index contributed by atoms with van der Waals surface area (Å²) >= 11 is 3.22. The van der Waals surface area contributed by atoms with Gasteiger partial charge in [0, 0.05) is 5.56 Å². The third-order valence-corrected chi connectivity index (χ3v) is 4.04. The molecule has 0 spiro atoms. The van der Waals surface area contributed by atoms with E-state index >= 15 is 0 Å². The second-order valence-corrected chi connectivity index (χ2v) is 5.22. The van der Waals surface area contributed by atoms with Crippen LogP contribution in [0.2, 0.25) is 0 Å². The highest BCUT2D eigenvalue weighted by atomic mass is 79.9. The molecule has 1 aliphatic carbocycles. The van der Waals surface area contributed by atoms with Gasteiger partial charge in [-0.1, -0.05) is 52.3 Å². The van der Waals surface area contributed by atoms with E-state index in [-0.39, 0.29) is 5.78 Å². The molecule has 2 aromatic carbocycles. The van der Waals surface area contributed by atoms with Gasteiger partial charge in [0.15, 0.2) is 5.78 Å². The predicted octanol–water partition coefficient (Wildman–Crippen LogP) is 3.76. The molecule has 0 aliphatic heterocycles. The third kappa shape index (κ3) is 2.01. The van der Waals surface area contributed by atoms with E-state index in [0.29, 0.717) is 5.33 Å². The molecule has 0 aromatic heterocycles. The predicted molar refractivity (Wildman–Crippen MR) is 76.6 cm³/mol. The van der Waals surface area contributed by atoms with Crippen LogP contribution in [-0.2, 0) is 12.8 Å². The van der Waals surface area contributed by atoms with Crippen molar-refractivity contribution in [2.24, 2.45) is 0 Å². The van der Waals surface area contributed by atoms with Crippen molar-refractivity contribution in [1.82, 2.24) is 0 Å². The molecule has 0 atom stereocenters. The average molecular weight is 301 g/mol. The standard InChI is InChI=1S/C16H13BrO/c17-10-16(18)14-6-5-13-7-11-3-1-2-4-12(11)8-15(13)9-14/h1-6,9H,7-8,10H2. The fourth-order valence-electron chi connectivity index (χ4n) is 2.53. The number of hydrogen-bond acceptors (Lipinski definition) is 1. The lowest BCUT2D eigenvalue weighted by atomic mass is 9.85. The van der Waals surface area contributed by atoms with E-state index in [1.165, 1.54) is 22.3 Å². The van der Waals surface area contributed by atoms with Gasteiger partial charge < -0.3 is 0 Å². The summed E-state index contributed by atoms with van der Waals surface area (Å²) in [7, 11) is 0. The van der Waals surface area contributed by atoms with Gasteiger partial charge in [0.2, 0.25) is 0 Å². The number of carbonyl (C=O) groups is 1. The Labute approximate surface area is 115 Å². The molecule has 0 N–H and O–H groups in total. The largest absolute Gasteiger partial charge is 0.293 e. The molecule has 2 heteroatoms. The summed E-state index contributed by atoms with van der Waals surface area (Å²) in [5, 5.41) is 0.391. The number of fused-ring (bicyclic) bond motifs is 2. The molecule has 18 heavy (non-hydrogen) atoms. The molecule has 0 bridgehead atoms. The van der Waals surface area contributed by atoms with Crippen LogP contribution in [0.3, 0.4) is 0 Å². The quantitative estimate of drug-likeness (QED) is 0.520. The summed E-state index contributed by atoms with van der Waals surface area (Å²) in [5.41, 5.74) is 6.24. The topological polar surface area (TPSA) is 17.1 Å². The zero-order valence-corrected chi connectivity index (χ0v) is 11.5. The lowest BCUT2D eigenvalue weighted by Gasteiger charge is -2.20. The molecule has 0 heterocycles. The molecule has 90 valence electrons. The number of rotatable bonds is 2. The molecule has 0 unspecified atom stereocenters.